The minimum absolute atomic E-state index is 0.00439. The number of aromatic nitrogens is 2. The topological polar surface area (TPSA) is 96.2 Å². The molecular weight excluding hydrogens is 284 g/mol. The van der Waals surface area contributed by atoms with Crippen molar-refractivity contribution in [3.8, 4) is 0 Å². The molecule has 0 aliphatic carbocycles. The third-order valence-corrected chi connectivity index (χ3v) is 3.74. The summed E-state index contributed by atoms with van der Waals surface area (Å²) in [5.74, 6) is -1.12. The molecule has 0 fully saturated rings. The number of aromatic carboxylic acids is 1. The van der Waals surface area contributed by atoms with E-state index in [9.17, 15) is 9.59 Å². The predicted octanol–water partition coefficient (Wildman–Crippen LogP) is 2.83. The summed E-state index contributed by atoms with van der Waals surface area (Å²) >= 11 is 0. The van der Waals surface area contributed by atoms with Crippen molar-refractivity contribution in [3.05, 3.63) is 51.8 Å². The average Bonchev–Trinajstić information content (AvgIpc) is 2.86. The molecule has 0 saturated carbocycles. The number of fused-ring (bicyclic) bond motifs is 4. The Morgan fingerprint density at radius 3 is 2.82 bits per heavy atom. The Bertz CT molecular complexity index is 1140. The molecule has 22 heavy (non-hydrogen) atoms. The van der Waals surface area contributed by atoms with Gasteiger partial charge in [0.2, 0.25) is 11.1 Å². The maximum absolute atomic E-state index is 12.6. The van der Waals surface area contributed by atoms with Gasteiger partial charge in [0.25, 0.3) is 0 Å². The van der Waals surface area contributed by atoms with E-state index in [0.717, 1.165) is 10.9 Å². The van der Waals surface area contributed by atoms with Crippen LogP contribution >= 0.6 is 0 Å². The average molecular weight is 294 g/mol. The van der Waals surface area contributed by atoms with E-state index < -0.39 is 5.97 Å². The van der Waals surface area contributed by atoms with Gasteiger partial charge in [-0.1, -0.05) is 12.1 Å². The summed E-state index contributed by atoms with van der Waals surface area (Å²) in [6.07, 6.45) is 0. The van der Waals surface area contributed by atoms with Crippen molar-refractivity contribution >= 4 is 39.1 Å². The Kier molecular flexibility index (Phi) is 2.39. The van der Waals surface area contributed by atoms with Gasteiger partial charge in [-0.05, 0) is 25.1 Å². The molecule has 3 heterocycles. The molecule has 0 bridgehead atoms. The van der Waals surface area contributed by atoms with Crippen LogP contribution in [-0.2, 0) is 0 Å². The van der Waals surface area contributed by atoms with E-state index in [2.05, 4.69) is 9.97 Å². The molecule has 0 spiro atoms. The number of carbonyl (C=O) groups is 1. The van der Waals surface area contributed by atoms with Crippen LogP contribution in [0.1, 0.15) is 16.1 Å². The van der Waals surface area contributed by atoms with Gasteiger partial charge < -0.3 is 14.5 Å². The standard InChI is InChI=1S/C16H10N2O4/c1-7-9(16(20)21)6-10-13(19)12-14(22-15(10)17-7)8-4-2-3-5-11(8)18-12/h2-6,18H,1H3,(H,20,21). The van der Waals surface area contributed by atoms with Crippen LogP contribution < -0.4 is 5.43 Å². The molecule has 3 aromatic heterocycles. The molecule has 4 aromatic rings. The minimum Gasteiger partial charge on any atom is -0.478 e. The lowest BCUT2D eigenvalue weighted by atomic mass is 10.1. The van der Waals surface area contributed by atoms with Gasteiger partial charge in [-0.2, -0.15) is 0 Å². The molecule has 1 aromatic carbocycles. The summed E-state index contributed by atoms with van der Waals surface area (Å²) in [6.45, 7) is 1.57. The van der Waals surface area contributed by atoms with Crippen LogP contribution in [0.15, 0.2) is 39.5 Å². The summed E-state index contributed by atoms with van der Waals surface area (Å²) in [4.78, 5) is 31.0. The van der Waals surface area contributed by atoms with Gasteiger partial charge in [0.1, 0.15) is 5.52 Å². The largest absolute Gasteiger partial charge is 0.478 e. The Hall–Kier alpha value is -3.15. The maximum atomic E-state index is 12.6. The zero-order valence-corrected chi connectivity index (χ0v) is 11.5. The molecule has 2 N–H and O–H groups in total. The van der Waals surface area contributed by atoms with Crippen LogP contribution in [0.5, 0.6) is 0 Å². The molecule has 0 aliphatic heterocycles. The molecule has 0 atom stereocenters. The van der Waals surface area contributed by atoms with Crippen LogP contribution in [0.4, 0.5) is 0 Å². The number of nitrogens with zero attached hydrogens (tertiary/aromatic N) is 1. The number of carboxylic acid groups (broad SMARTS) is 1. The lowest BCUT2D eigenvalue weighted by Gasteiger charge is -2.02. The number of aryl methyl sites for hydroxylation is 1. The Labute approximate surface area is 123 Å². The zero-order valence-electron chi connectivity index (χ0n) is 11.5. The van der Waals surface area contributed by atoms with Crippen molar-refractivity contribution in [2.75, 3.05) is 0 Å². The second-order valence-electron chi connectivity index (χ2n) is 5.09. The van der Waals surface area contributed by atoms with E-state index >= 15 is 0 Å². The van der Waals surface area contributed by atoms with Gasteiger partial charge in [-0.15, -0.1) is 0 Å². The quantitative estimate of drug-likeness (QED) is 0.562. The second-order valence-corrected chi connectivity index (χ2v) is 5.09. The van der Waals surface area contributed by atoms with Gasteiger partial charge in [0.15, 0.2) is 5.58 Å². The Morgan fingerprint density at radius 2 is 2.05 bits per heavy atom. The number of H-pyrrole nitrogens is 1. The van der Waals surface area contributed by atoms with Crippen molar-refractivity contribution < 1.29 is 14.3 Å². The van der Waals surface area contributed by atoms with Crippen molar-refractivity contribution in [1.29, 1.82) is 0 Å². The third kappa shape index (κ3) is 1.57. The van der Waals surface area contributed by atoms with E-state index in [1.54, 1.807) is 6.92 Å². The predicted molar refractivity (Wildman–Crippen MR) is 81.3 cm³/mol. The molecule has 0 radical (unpaired) electrons. The number of benzene rings is 1. The lowest BCUT2D eigenvalue weighted by molar-refractivity contribution is 0.0696. The van der Waals surface area contributed by atoms with Gasteiger partial charge in [-0.3, -0.25) is 4.79 Å². The first-order chi connectivity index (χ1) is 10.6. The van der Waals surface area contributed by atoms with E-state index in [-0.39, 0.29) is 22.1 Å². The van der Waals surface area contributed by atoms with E-state index in [4.69, 9.17) is 9.52 Å². The number of hydrogen-bond donors (Lipinski definition) is 2. The van der Waals surface area contributed by atoms with Gasteiger partial charge >= 0.3 is 5.97 Å². The number of hydrogen-bond acceptors (Lipinski definition) is 4. The highest BCUT2D eigenvalue weighted by atomic mass is 16.4. The van der Waals surface area contributed by atoms with E-state index in [1.165, 1.54) is 6.07 Å². The van der Waals surface area contributed by atoms with Crippen LogP contribution in [0, 0.1) is 6.92 Å². The molecule has 6 nitrogen and oxygen atoms in total. The van der Waals surface area contributed by atoms with Gasteiger partial charge in [0, 0.05) is 10.9 Å². The van der Waals surface area contributed by atoms with Crippen LogP contribution in [0.2, 0.25) is 0 Å². The van der Waals surface area contributed by atoms with Crippen LogP contribution in [0.3, 0.4) is 0 Å². The third-order valence-electron chi connectivity index (χ3n) is 3.74. The van der Waals surface area contributed by atoms with Crippen molar-refractivity contribution in [2.24, 2.45) is 0 Å². The smallest absolute Gasteiger partial charge is 0.337 e. The van der Waals surface area contributed by atoms with Crippen LogP contribution in [0.25, 0.3) is 33.1 Å². The number of nitrogens with one attached hydrogen (secondary N) is 1. The summed E-state index contributed by atoms with van der Waals surface area (Å²) < 4.78 is 5.76. The number of rotatable bonds is 1. The number of pyridine rings is 1. The molecule has 108 valence electrons. The highest BCUT2D eigenvalue weighted by Crippen LogP contribution is 2.26. The molecule has 0 amide bonds. The minimum atomic E-state index is -1.12. The van der Waals surface area contributed by atoms with E-state index in [1.807, 2.05) is 24.3 Å². The monoisotopic (exact) mass is 294 g/mol. The fourth-order valence-electron chi connectivity index (χ4n) is 2.65. The lowest BCUT2D eigenvalue weighted by Crippen LogP contribution is -2.08. The Morgan fingerprint density at radius 1 is 1.27 bits per heavy atom. The fourth-order valence-corrected chi connectivity index (χ4v) is 2.65. The first-order valence-electron chi connectivity index (χ1n) is 6.64. The summed E-state index contributed by atoms with van der Waals surface area (Å²) in [6, 6.07) is 8.72. The summed E-state index contributed by atoms with van der Waals surface area (Å²) in [5.41, 5.74) is 1.66. The van der Waals surface area contributed by atoms with E-state index in [0.29, 0.717) is 16.8 Å². The molecule has 6 heteroatoms. The SMILES string of the molecule is Cc1nc2oc3c([nH]c4ccccc43)c(=O)c2cc1C(=O)O. The highest BCUT2D eigenvalue weighted by molar-refractivity contribution is 6.06. The normalized spacial score (nSPS) is 11.5. The first-order valence-corrected chi connectivity index (χ1v) is 6.64. The molecule has 0 aliphatic rings. The molecular formula is C16H10N2O4. The molecule has 0 saturated heterocycles. The number of carboxylic acids is 1. The zero-order chi connectivity index (χ0) is 15.4. The van der Waals surface area contributed by atoms with Crippen molar-refractivity contribution in [2.45, 2.75) is 6.92 Å². The summed E-state index contributed by atoms with van der Waals surface area (Å²) in [7, 11) is 0. The van der Waals surface area contributed by atoms with Crippen molar-refractivity contribution in [3.63, 3.8) is 0 Å². The van der Waals surface area contributed by atoms with Gasteiger partial charge in [0.05, 0.1) is 16.6 Å². The van der Waals surface area contributed by atoms with Gasteiger partial charge in [-0.25, -0.2) is 9.78 Å². The Balaban J connectivity index is 2.24. The number of aromatic amines is 1. The summed E-state index contributed by atoms with van der Waals surface area (Å²) in [5, 5.41) is 10.1. The maximum Gasteiger partial charge on any atom is 0.337 e. The van der Waals surface area contributed by atoms with Crippen molar-refractivity contribution in [1.82, 2.24) is 9.97 Å². The fraction of sp³-hybridized carbons (Fsp3) is 0.0625. The first kappa shape index (κ1) is 12.6. The molecule has 0 unspecified atom stereocenters. The van der Waals surface area contributed by atoms with Crippen LogP contribution in [-0.4, -0.2) is 21.0 Å². The highest BCUT2D eigenvalue weighted by Gasteiger charge is 2.17. The number of para-hydroxylation sites is 1. The molecule has 4 rings (SSSR count). The second kappa shape index (κ2) is 4.17.